The van der Waals surface area contributed by atoms with Crippen LogP contribution in [0.25, 0.3) is 0 Å². The molecular formula is C19H20F2N2O2. The molecule has 0 saturated carbocycles. The fourth-order valence-corrected chi connectivity index (χ4v) is 3.17. The van der Waals surface area contributed by atoms with Gasteiger partial charge in [-0.3, -0.25) is 4.79 Å². The standard InChI is InChI=1S/C19H20F2N2O2/c1-25-14-4-2-3-13(9-14)19(24)23-18-11-22-8-7-15(18)12-5-6-16(20)17(21)10-12/h2-6,9-10,15,18,22H,7-8,11H2,1H3,(H,23,24). The summed E-state index contributed by atoms with van der Waals surface area (Å²) in [6, 6.07) is 10.6. The van der Waals surface area contributed by atoms with Crippen molar-refractivity contribution in [1.82, 2.24) is 10.6 Å². The minimum absolute atomic E-state index is 0.0779. The lowest BCUT2D eigenvalue weighted by molar-refractivity contribution is 0.0924. The number of methoxy groups -OCH3 is 1. The molecule has 25 heavy (non-hydrogen) atoms. The van der Waals surface area contributed by atoms with E-state index in [2.05, 4.69) is 10.6 Å². The lowest BCUT2D eigenvalue weighted by atomic mass is 9.85. The number of benzene rings is 2. The number of carbonyl (C=O) groups is 1. The number of carbonyl (C=O) groups excluding carboxylic acids is 1. The van der Waals surface area contributed by atoms with Crippen molar-refractivity contribution < 1.29 is 18.3 Å². The third kappa shape index (κ3) is 3.96. The van der Waals surface area contributed by atoms with E-state index in [1.807, 2.05) is 0 Å². The normalized spacial score (nSPS) is 20.1. The zero-order valence-corrected chi connectivity index (χ0v) is 13.9. The molecule has 2 aromatic carbocycles. The molecule has 2 atom stereocenters. The summed E-state index contributed by atoms with van der Waals surface area (Å²) < 4.78 is 31.9. The van der Waals surface area contributed by atoms with E-state index in [9.17, 15) is 13.6 Å². The van der Waals surface area contributed by atoms with Crippen molar-refractivity contribution in [3.05, 3.63) is 65.2 Å². The number of halogens is 2. The summed E-state index contributed by atoms with van der Waals surface area (Å²) in [6.07, 6.45) is 0.730. The van der Waals surface area contributed by atoms with Crippen molar-refractivity contribution in [1.29, 1.82) is 0 Å². The van der Waals surface area contributed by atoms with E-state index >= 15 is 0 Å². The summed E-state index contributed by atoms with van der Waals surface area (Å²) in [4.78, 5) is 12.6. The van der Waals surface area contributed by atoms with Gasteiger partial charge in [0.25, 0.3) is 5.91 Å². The van der Waals surface area contributed by atoms with E-state index in [-0.39, 0.29) is 17.9 Å². The maximum Gasteiger partial charge on any atom is 0.251 e. The Labute approximate surface area is 145 Å². The van der Waals surface area contributed by atoms with Crippen molar-refractivity contribution in [3.8, 4) is 5.75 Å². The molecule has 2 aromatic rings. The van der Waals surface area contributed by atoms with Crippen LogP contribution in [0.1, 0.15) is 28.3 Å². The fraction of sp³-hybridized carbons (Fsp3) is 0.316. The molecule has 0 bridgehead atoms. The lowest BCUT2D eigenvalue weighted by Crippen LogP contribution is -2.50. The molecule has 3 rings (SSSR count). The molecular weight excluding hydrogens is 326 g/mol. The average molecular weight is 346 g/mol. The van der Waals surface area contributed by atoms with E-state index in [4.69, 9.17) is 4.74 Å². The van der Waals surface area contributed by atoms with Crippen molar-refractivity contribution in [2.75, 3.05) is 20.2 Å². The largest absolute Gasteiger partial charge is 0.497 e. The van der Waals surface area contributed by atoms with Gasteiger partial charge in [0, 0.05) is 24.1 Å². The molecule has 1 aliphatic heterocycles. The summed E-state index contributed by atoms with van der Waals surface area (Å²) in [5.74, 6) is -1.43. The predicted molar refractivity (Wildman–Crippen MR) is 90.8 cm³/mol. The smallest absolute Gasteiger partial charge is 0.251 e. The number of hydrogen-bond acceptors (Lipinski definition) is 3. The molecule has 0 aliphatic carbocycles. The van der Waals surface area contributed by atoms with Gasteiger partial charge in [0.05, 0.1) is 7.11 Å². The van der Waals surface area contributed by atoms with Gasteiger partial charge in [-0.15, -0.1) is 0 Å². The van der Waals surface area contributed by atoms with E-state index in [0.29, 0.717) is 23.4 Å². The molecule has 6 heteroatoms. The Morgan fingerprint density at radius 1 is 1.20 bits per heavy atom. The number of amides is 1. The number of hydrogen-bond donors (Lipinski definition) is 2. The first-order valence-electron chi connectivity index (χ1n) is 8.19. The Morgan fingerprint density at radius 2 is 2.04 bits per heavy atom. The molecule has 1 amide bonds. The van der Waals surface area contributed by atoms with E-state index in [1.165, 1.54) is 6.07 Å². The zero-order valence-electron chi connectivity index (χ0n) is 13.9. The van der Waals surface area contributed by atoms with Gasteiger partial charge in [-0.05, 0) is 48.9 Å². The number of piperidine rings is 1. The van der Waals surface area contributed by atoms with Crippen molar-refractivity contribution in [2.24, 2.45) is 0 Å². The van der Waals surface area contributed by atoms with Crippen LogP contribution in [0.4, 0.5) is 8.78 Å². The fourth-order valence-electron chi connectivity index (χ4n) is 3.17. The minimum atomic E-state index is -0.867. The second-order valence-corrected chi connectivity index (χ2v) is 6.08. The molecule has 4 nitrogen and oxygen atoms in total. The second-order valence-electron chi connectivity index (χ2n) is 6.08. The van der Waals surface area contributed by atoms with Crippen LogP contribution in [0.3, 0.4) is 0 Å². The van der Waals surface area contributed by atoms with Gasteiger partial charge in [-0.2, -0.15) is 0 Å². The van der Waals surface area contributed by atoms with E-state index < -0.39 is 11.6 Å². The summed E-state index contributed by atoms with van der Waals surface area (Å²) in [5, 5.41) is 6.23. The first kappa shape index (κ1) is 17.4. The van der Waals surface area contributed by atoms with Gasteiger partial charge >= 0.3 is 0 Å². The Balaban J connectivity index is 1.78. The molecule has 0 spiro atoms. The molecule has 2 unspecified atom stereocenters. The van der Waals surface area contributed by atoms with Crippen LogP contribution in [0.5, 0.6) is 5.75 Å². The van der Waals surface area contributed by atoms with Crippen LogP contribution in [-0.4, -0.2) is 32.1 Å². The zero-order chi connectivity index (χ0) is 17.8. The Hall–Kier alpha value is -2.47. The van der Waals surface area contributed by atoms with Gasteiger partial charge < -0.3 is 15.4 Å². The van der Waals surface area contributed by atoms with Crippen LogP contribution in [0.2, 0.25) is 0 Å². The summed E-state index contributed by atoms with van der Waals surface area (Å²) in [7, 11) is 1.54. The molecule has 1 saturated heterocycles. The lowest BCUT2D eigenvalue weighted by Gasteiger charge is -2.33. The van der Waals surface area contributed by atoms with Crippen LogP contribution in [0.15, 0.2) is 42.5 Å². The first-order valence-corrected chi connectivity index (χ1v) is 8.19. The highest BCUT2D eigenvalue weighted by Crippen LogP contribution is 2.27. The first-order chi connectivity index (χ1) is 12.1. The monoisotopic (exact) mass is 346 g/mol. The Morgan fingerprint density at radius 3 is 2.80 bits per heavy atom. The van der Waals surface area contributed by atoms with Gasteiger partial charge in [-0.1, -0.05) is 12.1 Å². The van der Waals surface area contributed by atoms with Crippen molar-refractivity contribution in [2.45, 2.75) is 18.4 Å². The van der Waals surface area contributed by atoms with Gasteiger partial charge in [0.1, 0.15) is 5.75 Å². The number of nitrogens with one attached hydrogen (secondary N) is 2. The minimum Gasteiger partial charge on any atom is -0.497 e. The SMILES string of the molecule is COc1cccc(C(=O)NC2CNCCC2c2ccc(F)c(F)c2)c1. The maximum atomic E-state index is 13.6. The van der Waals surface area contributed by atoms with Crippen molar-refractivity contribution >= 4 is 5.91 Å². The van der Waals surface area contributed by atoms with Crippen molar-refractivity contribution in [3.63, 3.8) is 0 Å². The quantitative estimate of drug-likeness (QED) is 0.895. The molecule has 1 aliphatic rings. The van der Waals surface area contributed by atoms with Crippen LogP contribution >= 0.6 is 0 Å². The van der Waals surface area contributed by atoms with E-state index in [1.54, 1.807) is 37.4 Å². The highest BCUT2D eigenvalue weighted by Gasteiger charge is 2.28. The molecule has 1 fully saturated rings. The average Bonchev–Trinajstić information content (AvgIpc) is 2.64. The van der Waals surface area contributed by atoms with E-state index in [0.717, 1.165) is 19.0 Å². The second kappa shape index (κ2) is 7.61. The van der Waals surface area contributed by atoms with Gasteiger partial charge in [0.2, 0.25) is 0 Å². The summed E-state index contributed by atoms with van der Waals surface area (Å²) in [5.41, 5.74) is 1.19. The molecule has 1 heterocycles. The topological polar surface area (TPSA) is 50.4 Å². The van der Waals surface area contributed by atoms with Gasteiger partial charge in [-0.25, -0.2) is 8.78 Å². The molecule has 132 valence electrons. The molecule has 2 N–H and O–H groups in total. The summed E-state index contributed by atoms with van der Waals surface area (Å²) in [6.45, 7) is 1.33. The highest BCUT2D eigenvalue weighted by atomic mass is 19.2. The Kier molecular flexibility index (Phi) is 5.28. The predicted octanol–water partition coefficient (Wildman–Crippen LogP) is 2.85. The Bertz CT molecular complexity index is 767. The molecule has 0 aromatic heterocycles. The third-order valence-corrected chi connectivity index (χ3v) is 4.50. The molecule has 0 radical (unpaired) electrons. The third-order valence-electron chi connectivity index (χ3n) is 4.50. The van der Waals surface area contributed by atoms with Gasteiger partial charge in [0.15, 0.2) is 11.6 Å². The number of ether oxygens (including phenoxy) is 1. The summed E-state index contributed by atoms with van der Waals surface area (Å²) >= 11 is 0. The highest BCUT2D eigenvalue weighted by molar-refractivity contribution is 5.94. The van der Waals surface area contributed by atoms with Crippen LogP contribution in [-0.2, 0) is 0 Å². The van der Waals surface area contributed by atoms with Crippen LogP contribution in [0, 0.1) is 11.6 Å². The maximum absolute atomic E-state index is 13.6. The van der Waals surface area contributed by atoms with Crippen LogP contribution < -0.4 is 15.4 Å². The number of rotatable bonds is 4.